The lowest BCUT2D eigenvalue weighted by molar-refractivity contribution is 0.326. The second-order valence-electron chi connectivity index (χ2n) is 3.47. The highest BCUT2D eigenvalue weighted by Gasteiger charge is 2.30. The van der Waals surface area contributed by atoms with Gasteiger partial charge in [0, 0.05) is 12.1 Å². The van der Waals surface area contributed by atoms with Crippen LogP contribution in [0.2, 0.25) is 0 Å². The molecule has 1 fully saturated rings. The Hall–Kier alpha value is -0.920. The molecule has 0 atom stereocenters. The third kappa shape index (κ3) is 1.79. The number of sulfonamides is 1. The largest absolute Gasteiger partial charge is 0.328 e. The zero-order valence-corrected chi connectivity index (χ0v) is 8.29. The van der Waals surface area contributed by atoms with Crippen molar-refractivity contribution >= 4 is 10.0 Å². The summed E-state index contributed by atoms with van der Waals surface area (Å²) in [5.41, 5.74) is 5.55. The molecule has 6 nitrogen and oxygen atoms in total. The summed E-state index contributed by atoms with van der Waals surface area (Å²) in [6.45, 7) is 0. The van der Waals surface area contributed by atoms with E-state index < -0.39 is 10.0 Å². The number of hydrogen-bond donors (Lipinski definition) is 3. The maximum Gasteiger partial charge on any atom is 0.257 e. The summed E-state index contributed by atoms with van der Waals surface area (Å²) in [6.07, 6.45) is 2.81. The first-order valence-electron chi connectivity index (χ1n) is 4.35. The van der Waals surface area contributed by atoms with Gasteiger partial charge in [-0.25, -0.2) is 13.1 Å². The number of rotatable bonds is 3. The Morgan fingerprint density at radius 1 is 1.57 bits per heavy atom. The molecule has 1 aliphatic carbocycles. The summed E-state index contributed by atoms with van der Waals surface area (Å²) in [6, 6.07) is 1.52. The van der Waals surface area contributed by atoms with Crippen LogP contribution in [-0.4, -0.2) is 30.7 Å². The molecular weight excluding hydrogens is 204 g/mol. The summed E-state index contributed by atoms with van der Waals surface area (Å²) in [5, 5.41) is 6.09. The third-order valence-corrected chi connectivity index (χ3v) is 3.71. The third-order valence-electron chi connectivity index (χ3n) is 2.26. The Labute approximate surface area is 81.9 Å². The van der Waals surface area contributed by atoms with Gasteiger partial charge in [0.2, 0.25) is 0 Å². The van der Waals surface area contributed by atoms with E-state index in [1.165, 1.54) is 12.3 Å². The first-order valence-corrected chi connectivity index (χ1v) is 5.83. The number of hydrogen-bond acceptors (Lipinski definition) is 4. The molecule has 1 aromatic rings. The minimum Gasteiger partial charge on any atom is -0.328 e. The van der Waals surface area contributed by atoms with Crippen LogP contribution in [0.1, 0.15) is 12.8 Å². The van der Waals surface area contributed by atoms with Crippen molar-refractivity contribution in [2.75, 3.05) is 0 Å². The molecule has 1 aromatic heterocycles. The predicted octanol–water partition coefficient (Wildman–Crippen LogP) is -0.822. The van der Waals surface area contributed by atoms with Gasteiger partial charge in [-0.05, 0) is 18.9 Å². The standard InChI is InChI=1S/C7H12N4O2S/c8-5-3-6(4-5)11-14(12,13)7-1-2-9-10-7/h1-2,5-6,11H,3-4,8H2,(H,9,10). The van der Waals surface area contributed by atoms with E-state index in [4.69, 9.17) is 5.73 Å². The van der Waals surface area contributed by atoms with E-state index in [-0.39, 0.29) is 17.1 Å². The van der Waals surface area contributed by atoms with Crippen molar-refractivity contribution in [3.63, 3.8) is 0 Å². The molecule has 1 heterocycles. The van der Waals surface area contributed by atoms with Crippen LogP contribution in [0.5, 0.6) is 0 Å². The lowest BCUT2D eigenvalue weighted by atomic mass is 9.89. The summed E-state index contributed by atoms with van der Waals surface area (Å²) in [4.78, 5) is 0. The van der Waals surface area contributed by atoms with E-state index in [2.05, 4.69) is 14.9 Å². The van der Waals surface area contributed by atoms with Crippen LogP contribution >= 0.6 is 0 Å². The Bertz CT molecular complexity index is 393. The highest BCUT2D eigenvalue weighted by atomic mass is 32.2. The van der Waals surface area contributed by atoms with Crippen LogP contribution in [0, 0.1) is 0 Å². The average molecular weight is 216 g/mol. The molecule has 2 rings (SSSR count). The van der Waals surface area contributed by atoms with Gasteiger partial charge < -0.3 is 5.73 Å². The van der Waals surface area contributed by atoms with Crippen molar-refractivity contribution in [3.8, 4) is 0 Å². The van der Waals surface area contributed by atoms with Crippen LogP contribution in [0.3, 0.4) is 0 Å². The van der Waals surface area contributed by atoms with Gasteiger partial charge >= 0.3 is 0 Å². The van der Waals surface area contributed by atoms with Crippen LogP contribution in [0.4, 0.5) is 0 Å². The van der Waals surface area contributed by atoms with Crippen LogP contribution in [0.25, 0.3) is 0 Å². The average Bonchev–Trinajstić information content (AvgIpc) is 2.52. The monoisotopic (exact) mass is 216 g/mol. The quantitative estimate of drug-likeness (QED) is 0.614. The number of nitrogens with one attached hydrogen (secondary N) is 2. The minimum absolute atomic E-state index is 0.0294. The normalized spacial score (nSPS) is 27.2. The molecule has 0 aliphatic heterocycles. The predicted molar refractivity (Wildman–Crippen MR) is 49.9 cm³/mol. The lowest BCUT2D eigenvalue weighted by Crippen LogP contribution is -2.50. The molecule has 0 aromatic carbocycles. The van der Waals surface area contributed by atoms with E-state index in [0.29, 0.717) is 12.8 Å². The molecule has 14 heavy (non-hydrogen) atoms. The van der Waals surface area contributed by atoms with Gasteiger partial charge in [0.1, 0.15) is 0 Å². The highest BCUT2D eigenvalue weighted by molar-refractivity contribution is 7.89. The molecule has 1 saturated carbocycles. The Balaban J connectivity index is 2.04. The second-order valence-corrected chi connectivity index (χ2v) is 5.15. The highest BCUT2D eigenvalue weighted by Crippen LogP contribution is 2.19. The topological polar surface area (TPSA) is 101 Å². The van der Waals surface area contributed by atoms with Crippen molar-refractivity contribution in [3.05, 3.63) is 12.3 Å². The maximum atomic E-state index is 11.6. The lowest BCUT2D eigenvalue weighted by Gasteiger charge is -2.32. The van der Waals surface area contributed by atoms with E-state index in [1.54, 1.807) is 0 Å². The fourth-order valence-electron chi connectivity index (χ4n) is 1.43. The molecule has 0 spiro atoms. The molecule has 0 bridgehead atoms. The number of nitrogens with zero attached hydrogens (tertiary/aromatic N) is 1. The van der Waals surface area contributed by atoms with E-state index >= 15 is 0 Å². The molecular formula is C7H12N4O2S. The molecule has 0 saturated heterocycles. The number of aromatic amines is 1. The molecule has 78 valence electrons. The fourth-order valence-corrected chi connectivity index (χ4v) is 2.60. The summed E-state index contributed by atoms with van der Waals surface area (Å²) < 4.78 is 25.7. The van der Waals surface area contributed by atoms with Gasteiger partial charge in [-0.3, -0.25) is 5.10 Å². The molecule has 4 N–H and O–H groups in total. The molecule has 7 heteroatoms. The van der Waals surface area contributed by atoms with Crippen molar-refractivity contribution in [2.24, 2.45) is 5.73 Å². The van der Waals surface area contributed by atoms with Gasteiger partial charge in [-0.15, -0.1) is 0 Å². The van der Waals surface area contributed by atoms with E-state index in [0.717, 1.165) is 0 Å². The maximum absolute atomic E-state index is 11.6. The van der Waals surface area contributed by atoms with Crippen LogP contribution in [-0.2, 0) is 10.0 Å². The van der Waals surface area contributed by atoms with E-state index in [1.807, 2.05) is 0 Å². The van der Waals surface area contributed by atoms with Gasteiger partial charge in [-0.2, -0.15) is 5.10 Å². The SMILES string of the molecule is NC1CC(NS(=O)(=O)c2ccn[nH]2)C1. The summed E-state index contributed by atoms with van der Waals surface area (Å²) in [5.74, 6) is 0. The molecule has 0 amide bonds. The number of nitrogens with two attached hydrogens (primary N) is 1. The number of aromatic nitrogens is 2. The fraction of sp³-hybridized carbons (Fsp3) is 0.571. The Morgan fingerprint density at radius 3 is 2.79 bits per heavy atom. The Kier molecular flexibility index (Phi) is 2.30. The summed E-state index contributed by atoms with van der Waals surface area (Å²) >= 11 is 0. The van der Waals surface area contributed by atoms with E-state index in [9.17, 15) is 8.42 Å². The van der Waals surface area contributed by atoms with Crippen molar-refractivity contribution < 1.29 is 8.42 Å². The van der Waals surface area contributed by atoms with Crippen LogP contribution < -0.4 is 10.5 Å². The first kappa shape index (κ1) is 9.63. The Morgan fingerprint density at radius 2 is 2.29 bits per heavy atom. The molecule has 1 aliphatic rings. The van der Waals surface area contributed by atoms with Crippen molar-refractivity contribution in [1.29, 1.82) is 0 Å². The summed E-state index contributed by atoms with van der Waals surface area (Å²) in [7, 11) is -3.42. The first-order chi connectivity index (χ1) is 6.58. The minimum atomic E-state index is -3.42. The van der Waals surface area contributed by atoms with Crippen molar-refractivity contribution in [2.45, 2.75) is 30.0 Å². The second kappa shape index (κ2) is 3.34. The smallest absolute Gasteiger partial charge is 0.257 e. The molecule has 0 unspecified atom stereocenters. The van der Waals surface area contributed by atoms with Crippen molar-refractivity contribution in [1.82, 2.24) is 14.9 Å². The van der Waals surface area contributed by atoms with Gasteiger partial charge in [0.25, 0.3) is 10.0 Å². The zero-order valence-electron chi connectivity index (χ0n) is 7.47. The van der Waals surface area contributed by atoms with Gasteiger partial charge in [-0.1, -0.05) is 0 Å². The number of H-pyrrole nitrogens is 1. The zero-order chi connectivity index (χ0) is 10.2. The van der Waals surface area contributed by atoms with Gasteiger partial charge in [0.15, 0.2) is 5.03 Å². The molecule has 0 radical (unpaired) electrons. The van der Waals surface area contributed by atoms with Gasteiger partial charge in [0.05, 0.1) is 6.20 Å². The van der Waals surface area contributed by atoms with Crippen LogP contribution in [0.15, 0.2) is 17.3 Å².